The molecule has 7 nitrogen and oxygen atoms in total. The molecule has 1 aromatic carbocycles. The lowest BCUT2D eigenvalue weighted by atomic mass is 9.95. The van der Waals surface area contributed by atoms with Crippen LogP contribution < -0.4 is 0 Å². The molecule has 0 saturated carbocycles. The Morgan fingerprint density at radius 2 is 1.90 bits per heavy atom. The first-order chi connectivity index (χ1) is 14.7. The van der Waals surface area contributed by atoms with Crippen LogP contribution in [0.4, 0.5) is 9.18 Å². The third kappa shape index (κ3) is 5.59. The number of esters is 1. The van der Waals surface area contributed by atoms with Crippen LogP contribution in [0.5, 0.6) is 0 Å². The monoisotopic (exact) mass is 428 g/mol. The summed E-state index contributed by atoms with van der Waals surface area (Å²) >= 11 is 0. The summed E-state index contributed by atoms with van der Waals surface area (Å²) in [5, 5.41) is 10.6. The predicted octanol–water partition coefficient (Wildman–Crippen LogP) is 4.46. The van der Waals surface area contributed by atoms with Crippen LogP contribution in [0.15, 0.2) is 60.0 Å². The quantitative estimate of drug-likeness (QED) is 0.724. The predicted molar refractivity (Wildman–Crippen MR) is 110 cm³/mol. The first kappa shape index (κ1) is 22.3. The first-order valence-electron chi connectivity index (χ1n) is 9.90. The summed E-state index contributed by atoms with van der Waals surface area (Å²) in [7, 11) is 0. The maximum Gasteiger partial charge on any atom is 0.411 e. The van der Waals surface area contributed by atoms with E-state index in [4.69, 9.17) is 9.47 Å². The molecule has 0 fully saturated rings. The summed E-state index contributed by atoms with van der Waals surface area (Å²) in [5.74, 6) is -1.55. The van der Waals surface area contributed by atoms with E-state index in [-0.39, 0.29) is 36.6 Å². The summed E-state index contributed by atoms with van der Waals surface area (Å²) in [5.41, 5.74) is 0.0965. The van der Waals surface area contributed by atoms with E-state index in [9.17, 15) is 19.1 Å². The summed E-state index contributed by atoms with van der Waals surface area (Å²) in [6.07, 6.45) is 0.359. The molecule has 8 heteroatoms. The molecule has 0 aliphatic carbocycles. The Hall–Kier alpha value is -3.42. The number of nitrogens with zero attached hydrogens (tertiary/aromatic N) is 2. The lowest BCUT2D eigenvalue weighted by Gasteiger charge is -2.37. The summed E-state index contributed by atoms with van der Waals surface area (Å²) in [4.78, 5) is 31.2. The summed E-state index contributed by atoms with van der Waals surface area (Å²) in [6, 6.07) is 10.5. The standard InChI is InChI=1S/C23H25FN2O5/c1-23(2,3)31-22(29)26-12-11-18(27)19(20(26)17-10-9-16(24)13-25-17)21(28)30-14-15-7-5-4-6-8-15/h4-10,13,20,27H,11-12,14H2,1-3H3. The fraction of sp³-hybridized carbons (Fsp3) is 0.348. The maximum absolute atomic E-state index is 13.5. The zero-order valence-electron chi connectivity index (χ0n) is 17.7. The third-order valence-corrected chi connectivity index (χ3v) is 4.58. The van der Waals surface area contributed by atoms with Gasteiger partial charge in [0.15, 0.2) is 0 Å². The number of hydrogen-bond acceptors (Lipinski definition) is 6. The number of carbonyl (C=O) groups is 2. The number of benzene rings is 1. The second-order valence-electron chi connectivity index (χ2n) is 8.15. The van der Waals surface area contributed by atoms with Crippen molar-refractivity contribution < 1.29 is 28.6 Å². The van der Waals surface area contributed by atoms with E-state index in [0.717, 1.165) is 11.8 Å². The largest absolute Gasteiger partial charge is 0.512 e. The molecule has 1 aliphatic heterocycles. The van der Waals surface area contributed by atoms with Gasteiger partial charge in [0.25, 0.3) is 0 Å². The van der Waals surface area contributed by atoms with Gasteiger partial charge in [0.05, 0.1) is 11.9 Å². The van der Waals surface area contributed by atoms with E-state index < -0.39 is 29.5 Å². The van der Waals surface area contributed by atoms with Crippen LogP contribution in [0, 0.1) is 5.82 Å². The fourth-order valence-electron chi connectivity index (χ4n) is 3.21. The molecule has 1 atom stereocenters. The zero-order chi connectivity index (χ0) is 22.6. The number of rotatable bonds is 4. The Kier molecular flexibility index (Phi) is 6.58. The number of pyridine rings is 1. The zero-order valence-corrected chi connectivity index (χ0v) is 17.7. The van der Waals surface area contributed by atoms with E-state index in [2.05, 4.69) is 4.98 Å². The average Bonchev–Trinajstić information content (AvgIpc) is 2.72. The lowest BCUT2D eigenvalue weighted by molar-refractivity contribution is -0.141. The molecular weight excluding hydrogens is 403 g/mol. The SMILES string of the molecule is CC(C)(C)OC(=O)N1CCC(O)=C(C(=O)OCc2ccccc2)C1c1ccc(F)cn1. The van der Waals surface area contributed by atoms with Gasteiger partial charge in [0, 0.05) is 13.0 Å². The van der Waals surface area contributed by atoms with Crippen LogP contribution in [0.2, 0.25) is 0 Å². The molecule has 0 saturated heterocycles. The second-order valence-corrected chi connectivity index (χ2v) is 8.15. The van der Waals surface area contributed by atoms with Gasteiger partial charge in [-0.1, -0.05) is 30.3 Å². The van der Waals surface area contributed by atoms with Gasteiger partial charge in [0.2, 0.25) is 0 Å². The number of aliphatic hydroxyl groups excluding tert-OH is 1. The number of hydrogen-bond donors (Lipinski definition) is 1. The van der Waals surface area contributed by atoms with Crippen LogP contribution >= 0.6 is 0 Å². The molecule has 31 heavy (non-hydrogen) atoms. The van der Waals surface area contributed by atoms with Gasteiger partial charge in [-0.25, -0.2) is 14.0 Å². The first-order valence-corrected chi connectivity index (χ1v) is 9.90. The highest BCUT2D eigenvalue weighted by molar-refractivity contribution is 5.92. The van der Waals surface area contributed by atoms with Gasteiger partial charge in [-0.3, -0.25) is 9.88 Å². The smallest absolute Gasteiger partial charge is 0.411 e. The van der Waals surface area contributed by atoms with Crippen molar-refractivity contribution in [3.63, 3.8) is 0 Å². The molecule has 0 spiro atoms. The van der Waals surface area contributed by atoms with E-state index in [1.165, 1.54) is 17.0 Å². The van der Waals surface area contributed by atoms with Crippen molar-refractivity contribution >= 4 is 12.1 Å². The van der Waals surface area contributed by atoms with Crippen molar-refractivity contribution in [3.05, 3.63) is 77.1 Å². The number of amides is 1. The maximum atomic E-state index is 13.5. The Morgan fingerprint density at radius 1 is 1.19 bits per heavy atom. The minimum Gasteiger partial charge on any atom is -0.512 e. The number of halogens is 1. The topological polar surface area (TPSA) is 89.0 Å². The van der Waals surface area contributed by atoms with E-state index in [0.29, 0.717) is 0 Å². The van der Waals surface area contributed by atoms with Crippen LogP contribution in [0.1, 0.15) is 44.5 Å². The normalized spacial score (nSPS) is 16.8. The molecule has 2 heterocycles. The van der Waals surface area contributed by atoms with Crippen molar-refractivity contribution in [2.75, 3.05) is 6.54 Å². The molecule has 1 unspecified atom stereocenters. The van der Waals surface area contributed by atoms with E-state index in [1.54, 1.807) is 32.9 Å². The minimum absolute atomic E-state index is 0.00748. The number of aliphatic hydroxyl groups is 1. The highest BCUT2D eigenvalue weighted by Crippen LogP contribution is 2.36. The van der Waals surface area contributed by atoms with E-state index in [1.807, 2.05) is 18.2 Å². The second kappa shape index (κ2) is 9.16. The van der Waals surface area contributed by atoms with Crippen LogP contribution in [0.25, 0.3) is 0 Å². The van der Waals surface area contributed by atoms with Crippen LogP contribution in [-0.2, 0) is 20.9 Å². The van der Waals surface area contributed by atoms with Crippen LogP contribution in [0.3, 0.4) is 0 Å². The Morgan fingerprint density at radius 3 is 2.52 bits per heavy atom. The highest BCUT2D eigenvalue weighted by atomic mass is 19.1. The van der Waals surface area contributed by atoms with Crippen molar-refractivity contribution in [2.24, 2.45) is 0 Å². The van der Waals surface area contributed by atoms with Gasteiger partial charge >= 0.3 is 12.1 Å². The molecule has 164 valence electrons. The van der Waals surface area contributed by atoms with Crippen molar-refractivity contribution in [2.45, 2.75) is 45.4 Å². The Balaban J connectivity index is 1.94. The van der Waals surface area contributed by atoms with Gasteiger partial charge in [-0.15, -0.1) is 0 Å². The van der Waals surface area contributed by atoms with E-state index >= 15 is 0 Å². The van der Waals surface area contributed by atoms with Gasteiger partial charge in [-0.05, 0) is 38.5 Å². The molecular formula is C23H25FN2O5. The Bertz CT molecular complexity index is 968. The Labute approximate surface area is 180 Å². The van der Waals surface area contributed by atoms with Crippen molar-refractivity contribution in [1.82, 2.24) is 9.88 Å². The molecule has 0 bridgehead atoms. The minimum atomic E-state index is -1.08. The number of ether oxygens (including phenoxy) is 2. The molecule has 3 rings (SSSR count). The van der Waals surface area contributed by atoms with Crippen molar-refractivity contribution in [1.29, 1.82) is 0 Å². The number of aromatic nitrogens is 1. The highest BCUT2D eigenvalue weighted by Gasteiger charge is 2.41. The lowest BCUT2D eigenvalue weighted by Crippen LogP contribution is -2.44. The van der Waals surface area contributed by atoms with Crippen LogP contribution in [-0.4, -0.2) is 39.2 Å². The third-order valence-electron chi connectivity index (χ3n) is 4.58. The van der Waals surface area contributed by atoms with Gasteiger partial charge in [0.1, 0.15) is 35.4 Å². The molecule has 2 aromatic rings. The number of carbonyl (C=O) groups excluding carboxylic acids is 2. The van der Waals surface area contributed by atoms with Gasteiger partial charge < -0.3 is 14.6 Å². The average molecular weight is 428 g/mol. The summed E-state index contributed by atoms with van der Waals surface area (Å²) in [6.45, 7) is 5.26. The molecule has 0 radical (unpaired) electrons. The fourth-order valence-corrected chi connectivity index (χ4v) is 3.21. The van der Waals surface area contributed by atoms with Crippen molar-refractivity contribution in [3.8, 4) is 0 Å². The molecule has 1 N–H and O–H groups in total. The molecule has 1 aliphatic rings. The molecule has 1 amide bonds. The molecule has 1 aromatic heterocycles. The summed E-state index contributed by atoms with van der Waals surface area (Å²) < 4.78 is 24.3. The van der Waals surface area contributed by atoms with Gasteiger partial charge in [-0.2, -0.15) is 0 Å².